The lowest BCUT2D eigenvalue weighted by atomic mass is 10.3. The van der Waals surface area contributed by atoms with Crippen molar-refractivity contribution >= 4 is 27.3 Å². The Bertz CT molecular complexity index is 453. The van der Waals surface area contributed by atoms with Gasteiger partial charge in [-0.1, -0.05) is 6.07 Å². The van der Waals surface area contributed by atoms with Crippen LogP contribution in [-0.2, 0) is 21.2 Å². The first-order chi connectivity index (χ1) is 7.92. The zero-order chi connectivity index (χ0) is 12.9. The van der Waals surface area contributed by atoms with Crippen molar-refractivity contribution in [2.75, 3.05) is 19.3 Å². The summed E-state index contributed by atoms with van der Waals surface area (Å²) in [5.74, 6) is -1.44. The lowest BCUT2D eigenvalue weighted by Gasteiger charge is -2.15. The van der Waals surface area contributed by atoms with E-state index >= 15 is 0 Å². The predicted octanol–water partition coefficient (Wildman–Crippen LogP) is 1.03. The van der Waals surface area contributed by atoms with Gasteiger partial charge >= 0.3 is 5.97 Å². The van der Waals surface area contributed by atoms with Crippen molar-refractivity contribution in [3.05, 3.63) is 22.4 Å². The van der Waals surface area contributed by atoms with Crippen molar-refractivity contribution in [2.24, 2.45) is 0 Å². The third-order valence-electron chi connectivity index (χ3n) is 2.30. The van der Waals surface area contributed by atoms with E-state index in [0.29, 0.717) is 13.0 Å². The molecule has 1 N–H and O–H groups in total. The normalized spacial score (nSPS) is 11.9. The molecule has 5 nitrogen and oxygen atoms in total. The minimum Gasteiger partial charge on any atom is -0.481 e. The standard InChI is InChI=1S/C10H15NO4S2/c1-11(6-4-9-3-2-7-16-9)17(14,15)8-5-10(12)13/h2-3,7H,4-6,8H2,1H3,(H,12,13). The average Bonchev–Trinajstić information content (AvgIpc) is 2.76. The lowest BCUT2D eigenvalue weighted by Crippen LogP contribution is -2.31. The second kappa shape index (κ2) is 6.13. The number of likely N-dealkylation sites (N-methyl/N-ethyl adjacent to an activating group) is 1. The lowest BCUT2D eigenvalue weighted by molar-refractivity contribution is -0.136. The maximum Gasteiger partial charge on any atom is 0.304 e. The van der Waals surface area contributed by atoms with Gasteiger partial charge < -0.3 is 5.11 Å². The number of aliphatic carboxylic acids is 1. The fourth-order valence-corrected chi connectivity index (χ4v) is 3.05. The highest BCUT2D eigenvalue weighted by Crippen LogP contribution is 2.10. The Morgan fingerprint density at radius 2 is 2.24 bits per heavy atom. The smallest absolute Gasteiger partial charge is 0.304 e. The Kier molecular flexibility index (Phi) is 5.10. The number of carboxylic acid groups (broad SMARTS) is 1. The van der Waals surface area contributed by atoms with Crippen LogP contribution in [0, 0.1) is 0 Å². The molecule has 0 saturated heterocycles. The second-order valence-electron chi connectivity index (χ2n) is 3.61. The Hall–Kier alpha value is -0.920. The molecule has 0 radical (unpaired) electrons. The summed E-state index contributed by atoms with van der Waals surface area (Å²) in [6, 6.07) is 3.86. The van der Waals surface area contributed by atoms with Crippen molar-refractivity contribution in [3.8, 4) is 0 Å². The Morgan fingerprint density at radius 3 is 2.76 bits per heavy atom. The maximum atomic E-state index is 11.7. The molecule has 0 aliphatic rings. The quantitative estimate of drug-likeness (QED) is 0.807. The summed E-state index contributed by atoms with van der Waals surface area (Å²) in [6.45, 7) is 0.377. The molecule has 0 spiro atoms. The maximum absolute atomic E-state index is 11.7. The molecular formula is C10H15NO4S2. The van der Waals surface area contributed by atoms with Gasteiger partial charge in [-0.25, -0.2) is 12.7 Å². The largest absolute Gasteiger partial charge is 0.481 e. The van der Waals surface area contributed by atoms with Gasteiger partial charge in [0.05, 0.1) is 12.2 Å². The van der Waals surface area contributed by atoms with Gasteiger partial charge in [0.2, 0.25) is 10.0 Å². The van der Waals surface area contributed by atoms with Crippen molar-refractivity contribution in [1.29, 1.82) is 0 Å². The first kappa shape index (κ1) is 14.1. The zero-order valence-electron chi connectivity index (χ0n) is 9.50. The van der Waals surface area contributed by atoms with E-state index in [0.717, 1.165) is 4.88 Å². The number of nitrogens with zero attached hydrogens (tertiary/aromatic N) is 1. The number of hydrogen-bond acceptors (Lipinski definition) is 4. The molecule has 7 heteroatoms. The van der Waals surface area contributed by atoms with E-state index < -0.39 is 16.0 Å². The van der Waals surface area contributed by atoms with Gasteiger partial charge in [-0.2, -0.15) is 0 Å². The zero-order valence-corrected chi connectivity index (χ0v) is 11.1. The van der Waals surface area contributed by atoms with Gasteiger partial charge in [-0.05, 0) is 17.9 Å². The number of carboxylic acids is 1. The van der Waals surface area contributed by atoms with Gasteiger partial charge in [0.25, 0.3) is 0 Å². The summed E-state index contributed by atoms with van der Waals surface area (Å²) in [6.07, 6.45) is 0.298. The summed E-state index contributed by atoms with van der Waals surface area (Å²) in [4.78, 5) is 11.4. The molecule has 0 saturated carbocycles. The fraction of sp³-hybridized carbons (Fsp3) is 0.500. The van der Waals surface area contributed by atoms with E-state index in [1.165, 1.54) is 11.4 Å². The van der Waals surface area contributed by atoms with Gasteiger partial charge in [0.1, 0.15) is 0 Å². The van der Waals surface area contributed by atoms with Gasteiger partial charge in [0.15, 0.2) is 0 Å². The van der Waals surface area contributed by atoms with E-state index in [2.05, 4.69) is 0 Å². The average molecular weight is 277 g/mol. The topological polar surface area (TPSA) is 74.7 Å². The van der Waals surface area contributed by atoms with Crippen LogP contribution in [0.15, 0.2) is 17.5 Å². The molecule has 0 amide bonds. The van der Waals surface area contributed by atoms with Crippen LogP contribution in [0.4, 0.5) is 0 Å². The van der Waals surface area contributed by atoms with Crippen molar-refractivity contribution < 1.29 is 18.3 Å². The molecule has 1 heterocycles. The number of rotatable bonds is 7. The highest BCUT2D eigenvalue weighted by molar-refractivity contribution is 7.89. The third-order valence-corrected chi connectivity index (χ3v) is 5.09. The van der Waals surface area contributed by atoms with Crippen LogP contribution in [0.5, 0.6) is 0 Å². The molecular weight excluding hydrogens is 262 g/mol. The second-order valence-corrected chi connectivity index (χ2v) is 6.84. The molecule has 0 atom stereocenters. The van der Waals surface area contributed by atoms with E-state index in [-0.39, 0.29) is 12.2 Å². The monoisotopic (exact) mass is 277 g/mol. The van der Waals surface area contributed by atoms with Crippen LogP contribution < -0.4 is 0 Å². The molecule has 0 unspecified atom stereocenters. The van der Waals surface area contributed by atoms with Crippen molar-refractivity contribution in [1.82, 2.24) is 4.31 Å². The molecule has 1 rings (SSSR count). The number of sulfonamides is 1. The summed E-state index contributed by atoms with van der Waals surface area (Å²) in [5.41, 5.74) is 0. The van der Waals surface area contributed by atoms with E-state index in [1.54, 1.807) is 11.3 Å². The van der Waals surface area contributed by atoms with E-state index in [1.807, 2.05) is 17.5 Å². The minimum atomic E-state index is -3.45. The first-order valence-electron chi connectivity index (χ1n) is 5.10. The molecule has 0 fully saturated rings. The van der Waals surface area contributed by atoms with Gasteiger partial charge in [-0.3, -0.25) is 4.79 Å². The number of hydrogen-bond donors (Lipinski definition) is 1. The van der Waals surface area contributed by atoms with Crippen LogP contribution in [0.3, 0.4) is 0 Å². The highest BCUT2D eigenvalue weighted by Gasteiger charge is 2.18. The summed E-state index contributed by atoms with van der Waals surface area (Å²) >= 11 is 1.58. The number of carbonyl (C=O) groups is 1. The summed E-state index contributed by atoms with van der Waals surface area (Å²) < 4.78 is 24.5. The van der Waals surface area contributed by atoms with Crippen LogP contribution in [0.1, 0.15) is 11.3 Å². The SMILES string of the molecule is CN(CCc1cccs1)S(=O)(=O)CCC(=O)O. The van der Waals surface area contributed by atoms with Crippen molar-refractivity contribution in [2.45, 2.75) is 12.8 Å². The third kappa shape index (κ3) is 4.84. The summed E-state index contributed by atoms with van der Waals surface area (Å²) in [5, 5.41) is 10.4. The predicted molar refractivity (Wildman–Crippen MR) is 66.7 cm³/mol. The molecule has 0 bridgehead atoms. The molecule has 0 aliphatic heterocycles. The van der Waals surface area contributed by atoms with Crippen molar-refractivity contribution in [3.63, 3.8) is 0 Å². The van der Waals surface area contributed by atoms with Crippen LogP contribution in [-0.4, -0.2) is 43.1 Å². The Balaban J connectivity index is 2.45. The van der Waals surface area contributed by atoms with Crippen LogP contribution >= 0.6 is 11.3 Å². The first-order valence-corrected chi connectivity index (χ1v) is 7.59. The Labute approximate surface area is 105 Å². The molecule has 1 aromatic heterocycles. The summed E-state index contributed by atoms with van der Waals surface area (Å²) in [7, 11) is -1.97. The molecule has 0 aromatic carbocycles. The van der Waals surface area contributed by atoms with E-state index in [4.69, 9.17) is 5.11 Å². The Morgan fingerprint density at radius 1 is 1.53 bits per heavy atom. The van der Waals surface area contributed by atoms with Gasteiger partial charge in [0, 0.05) is 18.5 Å². The molecule has 0 aliphatic carbocycles. The van der Waals surface area contributed by atoms with Crippen LogP contribution in [0.25, 0.3) is 0 Å². The fourth-order valence-electron chi connectivity index (χ4n) is 1.23. The molecule has 17 heavy (non-hydrogen) atoms. The minimum absolute atomic E-state index is 0.344. The number of thiophene rings is 1. The molecule has 1 aromatic rings. The van der Waals surface area contributed by atoms with Gasteiger partial charge in [-0.15, -0.1) is 11.3 Å². The highest BCUT2D eigenvalue weighted by atomic mass is 32.2. The van der Waals surface area contributed by atoms with Crippen LogP contribution in [0.2, 0.25) is 0 Å². The molecule has 96 valence electrons. The van der Waals surface area contributed by atoms with E-state index in [9.17, 15) is 13.2 Å².